The van der Waals surface area contributed by atoms with Crippen molar-refractivity contribution >= 4 is 24.0 Å². The molecule has 0 saturated heterocycles. The number of benzene rings is 1. The zero-order chi connectivity index (χ0) is 20.1. The summed E-state index contributed by atoms with van der Waals surface area (Å²) in [6, 6.07) is 8.78. The molecule has 0 aliphatic heterocycles. The Bertz CT molecular complexity index is 693. The van der Waals surface area contributed by atoms with E-state index in [4.69, 9.17) is 10.5 Å². The number of ether oxygens (including phenoxy) is 1. The Morgan fingerprint density at radius 1 is 1.26 bits per heavy atom. The number of amidine groups is 1. The van der Waals surface area contributed by atoms with E-state index in [1.807, 2.05) is 20.1 Å². The maximum Gasteiger partial charge on any atom is 0.316 e. The Hall–Kier alpha value is -2.01. The first-order valence-corrected chi connectivity index (χ1v) is 10.7. The van der Waals surface area contributed by atoms with Gasteiger partial charge in [0.1, 0.15) is 6.61 Å². The van der Waals surface area contributed by atoms with Crippen LogP contribution >= 0.6 is 11.8 Å². The molecule has 0 aliphatic rings. The van der Waals surface area contributed by atoms with Crippen LogP contribution in [0.2, 0.25) is 0 Å². The number of aryl methyl sites for hydroxylation is 1. The van der Waals surface area contributed by atoms with Crippen molar-refractivity contribution in [2.45, 2.75) is 59.5 Å². The fraction of sp³-hybridized carbons (Fsp3) is 0.455. The van der Waals surface area contributed by atoms with Gasteiger partial charge in [0.2, 0.25) is 0 Å². The van der Waals surface area contributed by atoms with Gasteiger partial charge in [-0.3, -0.25) is 0 Å². The van der Waals surface area contributed by atoms with Crippen molar-refractivity contribution in [2.24, 2.45) is 15.7 Å². The van der Waals surface area contributed by atoms with E-state index in [9.17, 15) is 0 Å². The predicted molar refractivity (Wildman–Crippen MR) is 120 cm³/mol. The Balaban J connectivity index is 2.74. The highest BCUT2D eigenvalue weighted by atomic mass is 32.2. The van der Waals surface area contributed by atoms with E-state index in [1.54, 1.807) is 18.0 Å². The number of nitrogens with zero attached hydrogens (tertiary/aromatic N) is 2. The van der Waals surface area contributed by atoms with Crippen molar-refractivity contribution in [2.75, 3.05) is 6.26 Å². The quantitative estimate of drug-likeness (QED) is 0.237. The largest absolute Gasteiger partial charge is 0.459 e. The van der Waals surface area contributed by atoms with E-state index >= 15 is 0 Å². The van der Waals surface area contributed by atoms with Crippen LogP contribution in [0.25, 0.3) is 0 Å². The predicted octanol–water partition coefficient (Wildman–Crippen LogP) is 5.84. The molecule has 1 rings (SSSR count). The number of aliphatic imine (C=N–C) groups is 2. The maximum atomic E-state index is 6.06. The van der Waals surface area contributed by atoms with Crippen LogP contribution in [0.1, 0.15) is 57.6 Å². The number of hydrogen-bond donors (Lipinski definition) is 1. The summed E-state index contributed by atoms with van der Waals surface area (Å²) in [4.78, 5) is 9.52. The summed E-state index contributed by atoms with van der Waals surface area (Å²) in [6.07, 6.45) is 9.79. The average Bonchev–Trinajstić information content (AvgIpc) is 2.68. The molecular formula is C22H33N3OS. The third-order valence-corrected chi connectivity index (χ3v) is 4.98. The van der Waals surface area contributed by atoms with Gasteiger partial charge in [-0.15, -0.1) is 11.8 Å². The number of rotatable bonds is 10. The van der Waals surface area contributed by atoms with E-state index in [0.29, 0.717) is 18.0 Å². The molecule has 0 heterocycles. The van der Waals surface area contributed by atoms with Crippen molar-refractivity contribution in [1.29, 1.82) is 0 Å². The number of thioether (sulfide) groups is 1. The fourth-order valence-electron chi connectivity index (χ4n) is 2.48. The summed E-state index contributed by atoms with van der Waals surface area (Å²) in [5.41, 5.74) is 9.53. The molecule has 4 nitrogen and oxygen atoms in total. The minimum absolute atomic E-state index is 0.271. The molecule has 0 atom stereocenters. The zero-order valence-corrected chi connectivity index (χ0v) is 17.9. The average molecular weight is 388 g/mol. The summed E-state index contributed by atoms with van der Waals surface area (Å²) >= 11 is 1.57. The lowest BCUT2D eigenvalue weighted by Gasteiger charge is -2.09. The lowest BCUT2D eigenvalue weighted by molar-refractivity contribution is 0.287. The maximum absolute atomic E-state index is 6.06. The van der Waals surface area contributed by atoms with Crippen LogP contribution in [0.3, 0.4) is 0 Å². The highest BCUT2D eigenvalue weighted by molar-refractivity contribution is 8.02. The molecule has 1 aromatic rings. The highest BCUT2D eigenvalue weighted by Gasteiger charge is 2.06. The summed E-state index contributed by atoms with van der Waals surface area (Å²) in [5, 5.41) is 0. The van der Waals surface area contributed by atoms with E-state index < -0.39 is 0 Å². The van der Waals surface area contributed by atoms with Gasteiger partial charge in [-0.1, -0.05) is 57.0 Å². The SMILES string of the molecule is C=C(N=C(N=CC)OCc1cccc(CCCCCC)c1)/C(N)=C(\C)SC. The minimum Gasteiger partial charge on any atom is -0.459 e. The van der Waals surface area contributed by atoms with Crippen LogP contribution in [0.15, 0.2) is 57.1 Å². The summed E-state index contributed by atoms with van der Waals surface area (Å²) in [6.45, 7) is 10.3. The third-order valence-electron chi connectivity index (χ3n) is 4.14. The van der Waals surface area contributed by atoms with Crippen molar-refractivity contribution < 1.29 is 4.74 Å². The molecule has 1 aromatic carbocycles. The van der Waals surface area contributed by atoms with Gasteiger partial charge in [0, 0.05) is 11.1 Å². The molecule has 0 bridgehead atoms. The molecule has 0 aromatic heterocycles. The van der Waals surface area contributed by atoms with Crippen LogP contribution in [0.5, 0.6) is 0 Å². The first kappa shape index (κ1) is 23.0. The van der Waals surface area contributed by atoms with Crippen LogP contribution < -0.4 is 5.73 Å². The van der Waals surface area contributed by atoms with E-state index in [1.165, 1.54) is 31.2 Å². The highest BCUT2D eigenvalue weighted by Crippen LogP contribution is 2.18. The second-order valence-electron chi connectivity index (χ2n) is 6.32. The van der Waals surface area contributed by atoms with Gasteiger partial charge in [-0.25, -0.2) is 4.99 Å². The number of unbranched alkanes of at least 4 members (excludes halogenated alkanes) is 3. The van der Waals surface area contributed by atoms with E-state index in [-0.39, 0.29) is 6.02 Å². The molecule has 0 fully saturated rings. The molecule has 0 aliphatic carbocycles. The molecule has 5 heteroatoms. The molecule has 0 radical (unpaired) electrons. The molecule has 27 heavy (non-hydrogen) atoms. The van der Waals surface area contributed by atoms with E-state index in [2.05, 4.69) is 47.8 Å². The molecule has 0 spiro atoms. The Labute approximate surface area is 168 Å². The van der Waals surface area contributed by atoms with Crippen LogP contribution in [0, 0.1) is 0 Å². The Morgan fingerprint density at radius 3 is 2.67 bits per heavy atom. The Kier molecular flexibility index (Phi) is 11.3. The van der Waals surface area contributed by atoms with Crippen LogP contribution in [-0.4, -0.2) is 18.5 Å². The second kappa shape index (κ2) is 13.2. The number of hydrogen-bond acceptors (Lipinski definition) is 4. The van der Waals surface area contributed by atoms with Gasteiger partial charge in [0.15, 0.2) is 0 Å². The molecule has 148 valence electrons. The smallest absolute Gasteiger partial charge is 0.316 e. The molecule has 0 amide bonds. The minimum atomic E-state index is 0.271. The van der Waals surface area contributed by atoms with Crippen LogP contribution in [0.4, 0.5) is 0 Å². The van der Waals surface area contributed by atoms with Gasteiger partial charge in [0.25, 0.3) is 0 Å². The lowest BCUT2D eigenvalue weighted by Crippen LogP contribution is -2.07. The molecule has 0 unspecified atom stereocenters. The topological polar surface area (TPSA) is 60.0 Å². The first-order chi connectivity index (χ1) is 13.0. The van der Waals surface area contributed by atoms with Crippen LogP contribution in [-0.2, 0) is 17.8 Å². The first-order valence-electron chi connectivity index (χ1n) is 9.49. The van der Waals surface area contributed by atoms with Gasteiger partial charge >= 0.3 is 6.02 Å². The third kappa shape index (κ3) is 8.96. The fourth-order valence-corrected chi connectivity index (χ4v) is 2.81. The normalized spacial score (nSPS) is 13.0. The summed E-state index contributed by atoms with van der Waals surface area (Å²) in [7, 11) is 0. The van der Waals surface area contributed by atoms with Crippen molar-refractivity contribution in [3.63, 3.8) is 0 Å². The summed E-state index contributed by atoms with van der Waals surface area (Å²) < 4.78 is 5.81. The second-order valence-corrected chi connectivity index (χ2v) is 7.34. The van der Waals surface area contributed by atoms with E-state index in [0.717, 1.165) is 16.9 Å². The molecular weight excluding hydrogens is 354 g/mol. The lowest BCUT2D eigenvalue weighted by atomic mass is 10.0. The van der Waals surface area contributed by atoms with Gasteiger partial charge in [-0.2, -0.15) is 4.99 Å². The van der Waals surface area contributed by atoms with Crippen molar-refractivity contribution in [1.82, 2.24) is 0 Å². The standard InChI is InChI=1S/C22H33N3OS/c1-6-8-9-10-12-19-13-11-14-20(15-19)16-26-22(24-7-2)25-17(3)21(23)18(4)27-5/h7,11,13-15H,3,6,8-10,12,16,23H2,1-2,4-5H3/b21-18-,24-7?,25-22?. The van der Waals surface area contributed by atoms with Gasteiger partial charge in [0.05, 0.1) is 11.4 Å². The summed E-state index contributed by atoms with van der Waals surface area (Å²) in [5.74, 6) is 0. The van der Waals surface area contributed by atoms with Gasteiger partial charge in [-0.05, 0) is 44.1 Å². The zero-order valence-electron chi connectivity index (χ0n) is 17.1. The Morgan fingerprint density at radius 2 is 2.00 bits per heavy atom. The van der Waals surface area contributed by atoms with Crippen molar-refractivity contribution in [3.05, 3.63) is 58.3 Å². The number of allylic oxidation sites excluding steroid dienone is 1. The molecule has 0 saturated carbocycles. The van der Waals surface area contributed by atoms with Gasteiger partial charge < -0.3 is 10.5 Å². The number of nitrogens with two attached hydrogens (primary N) is 1. The molecule has 2 N–H and O–H groups in total. The van der Waals surface area contributed by atoms with Crippen molar-refractivity contribution in [3.8, 4) is 0 Å². The monoisotopic (exact) mass is 387 g/mol.